The molecular formula is C11H17BrN2O. The number of hydrogen-bond acceptors (Lipinski definition) is 2. The first-order valence-corrected chi connectivity index (χ1v) is 6.10. The predicted molar refractivity (Wildman–Crippen MR) is 65.2 cm³/mol. The Balaban J connectivity index is 2.97. The van der Waals surface area contributed by atoms with Gasteiger partial charge in [-0.1, -0.05) is 19.8 Å². The van der Waals surface area contributed by atoms with E-state index in [2.05, 4.69) is 27.8 Å². The number of hydrogen-bond donors (Lipinski definition) is 0. The van der Waals surface area contributed by atoms with E-state index in [-0.39, 0.29) is 5.69 Å². The maximum Gasteiger partial charge on any atom is 0.348 e. The smallest absolute Gasteiger partial charge is 0.295 e. The molecule has 0 radical (unpaired) electrons. The zero-order chi connectivity index (χ0) is 11.4. The molecule has 1 aromatic heterocycles. The highest BCUT2D eigenvalue weighted by Gasteiger charge is 2.08. The summed E-state index contributed by atoms with van der Waals surface area (Å²) in [6.45, 7) is 6.71. The fourth-order valence-electron chi connectivity index (χ4n) is 1.56. The Morgan fingerprint density at radius 3 is 2.60 bits per heavy atom. The summed E-state index contributed by atoms with van der Waals surface area (Å²) in [5, 5.41) is 0. The van der Waals surface area contributed by atoms with Crippen LogP contribution in [0.25, 0.3) is 0 Å². The van der Waals surface area contributed by atoms with E-state index < -0.39 is 0 Å². The Labute approximate surface area is 98.7 Å². The average Bonchev–Trinajstić information content (AvgIpc) is 2.20. The first kappa shape index (κ1) is 12.4. The number of aryl methyl sites for hydroxylation is 1. The lowest BCUT2D eigenvalue weighted by molar-refractivity contribution is 0.561. The summed E-state index contributed by atoms with van der Waals surface area (Å²) in [6.07, 6.45) is 3.35. The van der Waals surface area contributed by atoms with Crippen LogP contribution in [0, 0.1) is 13.8 Å². The maximum absolute atomic E-state index is 11.6. The molecule has 0 saturated carbocycles. The summed E-state index contributed by atoms with van der Waals surface area (Å²) in [4.78, 5) is 15.6. The molecule has 0 amide bonds. The molecule has 0 aromatic carbocycles. The minimum Gasteiger partial charge on any atom is -0.295 e. The molecule has 0 fully saturated rings. The third kappa shape index (κ3) is 2.91. The predicted octanol–water partition coefficient (Wildman–Crippen LogP) is 2.81. The van der Waals surface area contributed by atoms with Crippen molar-refractivity contribution in [3.8, 4) is 0 Å². The largest absolute Gasteiger partial charge is 0.348 e. The molecule has 0 aliphatic carbocycles. The maximum atomic E-state index is 11.6. The van der Waals surface area contributed by atoms with E-state index in [4.69, 9.17) is 0 Å². The molecule has 0 saturated heterocycles. The van der Waals surface area contributed by atoms with E-state index >= 15 is 0 Å². The summed E-state index contributed by atoms with van der Waals surface area (Å²) < 4.78 is 2.69. The fraction of sp³-hybridized carbons (Fsp3) is 0.636. The van der Waals surface area contributed by atoms with Crippen LogP contribution in [0.3, 0.4) is 0 Å². The van der Waals surface area contributed by atoms with E-state index in [0.29, 0.717) is 0 Å². The Kier molecular flexibility index (Phi) is 4.51. The van der Waals surface area contributed by atoms with Crippen molar-refractivity contribution in [1.29, 1.82) is 0 Å². The molecule has 3 nitrogen and oxygen atoms in total. The molecule has 0 unspecified atom stereocenters. The van der Waals surface area contributed by atoms with Crippen LogP contribution in [0.2, 0.25) is 0 Å². The van der Waals surface area contributed by atoms with Crippen molar-refractivity contribution < 1.29 is 0 Å². The van der Waals surface area contributed by atoms with Crippen molar-refractivity contribution in [1.82, 2.24) is 9.55 Å². The highest BCUT2D eigenvalue weighted by atomic mass is 79.9. The van der Waals surface area contributed by atoms with Crippen molar-refractivity contribution in [3.63, 3.8) is 0 Å². The summed E-state index contributed by atoms with van der Waals surface area (Å²) in [5.74, 6) is 0. The zero-order valence-corrected chi connectivity index (χ0v) is 11.1. The zero-order valence-electron chi connectivity index (χ0n) is 9.51. The summed E-state index contributed by atoms with van der Waals surface area (Å²) in [6, 6.07) is 0. The summed E-state index contributed by atoms with van der Waals surface area (Å²) in [5.41, 5.74) is 1.61. The van der Waals surface area contributed by atoms with E-state index in [1.807, 2.05) is 13.8 Å². The van der Waals surface area contributed by atoms with E-state index in [9.17, 15) is 4.79 Å². The molecule has 0 bridgehead atoms. The van der Waals surface area contributed by atoms with Crippen molar-refractivity contribution in [2.45, 2.75) is 46.6 Å². The van der Waals surface area contributed by atoms with Crippen LogP contribution in [0.5, 0.6) is 0 Å². The molecule has 84 valence electrons. The van der Waals surface area contributed by atoms with Gasteiger partial charge in [-0.2, -0.15) is 4.98 Å². The molecule has 0 aliphatic rings. The molecule has 1 rings (SSSR count). The fourth-order valence-corrected chi connectivity index (χ4v) is 1.86. The lowest BCUT2D eigenvalue weighted by Gasteiger charge is -2.11. The van der Waals surface area contributed by atoms with Crippen molar-refractivity contribution in [3.05, 3.63) is 26.3 Å². The normalized spacial score (nSPS) is 10.7. The van der Waals surface area contributed by atoms with Crippen molar-refractivity contribution >= 4 is 15.9 Å². The highest BCUT2D eigenvalue weighted by Crippen LogP contribution is 2.16. The SMILES string of the molecule is CCCCCn1c(C)c(Br)c(C)nc1=O. The van der Waals surface area contributed by atoms with Gasteiger partial charge in [0.1, 0.15) is 0 Å². The Morgan fingerprint density at radius 1 is 1.33 bits per heavy atom. The van der Waals surface area contributed by atoms with Gasteiger partial charge in [0.15, 0.2) is 0 Å². The topological polar surface area (TPSA) is 34.9 Å². The van der Waals surface area contributed by atoms with E-state index in [1.165, 1.54) is 0 Å². The van der Waals surface area contributed by atoms with Gasteiger partial charge in [-0.25, -0.2) is 4.79 Å². The number of rotatable bonds is 4. The standard InChI is InChI=1S/C11H17BrN2O/c1-4-5-6-7-14-9(3)10(12)8(2)13-11(14)15/h4-7H2,1-3H3. The Morgan fingerprint density at radius 2 is 2.00 bits per heavy atom. The van der Waals surface area contributed by atoms with Gasteiger partial charge in [0.2, 0.25) is 0 Å². The van der Waals surface area contributed by atoms with Gasteiger partial charge in [-0.15, -0.1) is 0 Å². The molecule has 0 atom stereocenters. The minimum absolute atomic E-state index is 0.135. The molecule has 4 heteroatoms. The monoisotopic (exact) mass is 272 g/mol. The van der Waals surface area contributed by atoms with Gasteiger partial charge in [-0.3, -0.25) is 4.57 Å². The first-order chi connectivity index (χ1) is 7.07. The highest BCUT2D eigenvalue weighted by molar-refractivity contribution is 9.10. The Bertz CT molecular complexity index is 398. The number of halogens is 1. The van der Waals surface area contributed by atoms with Crippen molar-refractivity contribution in [2.75, 3.05) is 0 Å². The molecule has 0 spiro atoms. The number of unbranched alkanes of at least 4 members (excludes halogenated alkanes) is 2. The Hall–Kier alpha value is -0.640. The van der Waals surface area contributed by atoms with Crippen LogP contribution in [0.15, 0.2) is 9.27 Å². The van der Waals surface area contributed by atoms with Gasteiger partial charge < -0.3 is 0 Å². The summed E-state index contributed by atoms with van der Waals surface area (Å²) >= 11 is 3.45. The molecule has 1 aromatic rings. The van der Waals surface area contributed by atoms with E-state index in [0.717, 1.165) is 41.7 Å². The van der Waals surface area contributed by atoms with E-state index in [1.54, 1.807) is 4.57 Å². The van der Waals surface area contributed by atoms with Gasteiger partial charge in [0.25, 0.3) is 0 Å². The third-order valence-corrected chi connectivity index (χ3v) is 3.67. The molecule has 1 heterocycles. The molecule has 0 N–H and O–H groups in total. The van der Waals surface area contributed by atoms with Gasteiger partial charge >= 0.3 is 5.69 Å². The quantitative estimate of drug-likeness (QED) is 0.791. The second kappa shape index (κ2) is 5.45. The number of nitrogens with zero attached hydrogens (tertiary/aromatic N) is 2. The molecule has 0 aliphatic heterocycles. The van der Waals surface area contributed by atoms with Crippen LogP contribution in [0.4, 0.5) is 0 Å². The number of aromatic nitrogens is 2. The van der Waals surface area contributed by atoms with Crippen LogP contribution in [0.1, 0.15) is 37.6 Å². The van der Waals surface area contributed by atoms with Crippen LogP contribution >= 0.6 is 15.9 Å². The second-order valence-corrected chi connectivity index (χ2v) is 4.53. The first-order valence-electron chi connectivity index (χ1n) is 5.31. The third-order valence-electron chi connectivity index (χ3n) is 2.52. The minimum atomic E-state index is -0.135. The van der Waals surface area contributed by atoms with Gasteiger partial charge in [-0.05, 0) is 36.2 Å². The average molecular weight is 273 g/mol. The lowest BCUT2D eigenvalue weighted by atomic mass is 10.2. The van der Waals surface area contributed by atoms with Gasteiger partial charge in [0.05, 0.1) is 10.2 Å². The second-order valence-electron chi connectivity index (χ2n) is 3.74. The molecule has 15 heavy (non-hydrogen) atoms. The van der Waals surface area contributed by atoms with Crippen LogP contribution in [-0.2, 0) is 6.54 Å². The molecular weight excluding hydrogens is 256 g/mol. The summed E-state index contributed by atoms with van der Waals surface area (Å²) in [7, 11) is 0. The van der Waals surface area contributed by atoms with Crippen LogP contribution in [-0.4, -0.2) is 9.55 Å². The van der Waals surface area contributed by atoms with Crippen LogP contribution < -0.4 is 5.69 Å². The lowest BCUT2D eigenvalue weighted by Crippen LogP contribution is -2.26. The van der Waals surface area contributed by atoms with Crippen molar-refractivity contribution in [2.24, 2.45) is 0 Å². The van der Waals surface area contributed by atoms with Gasteiger partial charge in [0, 0.05) is 12.2 Å².